The molecule has 2 heterocycles. The lowest BCUT2D eigenvalue weighted by Gasteiger charge is -2.53. The lowest BCUT2D eigenvalue weighted by Crippen LogP contribution is -2.59. The van der Waals surface area contributed by atoms with Gasteiger partial charge < -0.3 is 14.7 Å². The third-order valence-electron chi connectivity index (χ3n) is 5.38. The van der Waals surface area contributed by atoms with Crippen molar-refractivity contribution in [3.63, 3.8) is 0 Å². The van der Waals surface area contributed by atoms with Gasteiger partial charge in [-0.3, -0.25) is 4.79 Å². The molecule has 0 bridgehead atoms. The Morgan fingerprint density at radius 2 is 1.79 bits per heavy atom. The average Bonchev–Trinajstić information content (AvgIpc) is 2.39. The number of nitrogens with zero attached hydrogens (tertiary/aromatic N) is 1. The van der Waals surface area contributed by atoms with Gasteiger partial charge in [0.25, 0.3) is 0 Å². The monoisotopic (exact) mass is 267 g/mol. The van der Waals surface area contributed by atoms with E-state index in [2.05, 4.69) is 4.90 Å². The highest BCUT2D eigenvalue weighted by molar-refractivity contribution is 5.69. The maximum Gasteiger partial charge on any atom is 0.306 e. The van der Waals surface area contributed by atoms with Crippen LogP contribution in [0.3, 0.4) is 0 Å². The van der Waals surface area contributed by atoms with E-state index in [0.29, 0.717) is 5.41 Å². The predicted octanol–water partition coefficient (Wildman–Crippen LogP) is 1.99. The quantitative estimate of drug-likeness (QED) is 0.849. The summed E-state index contributed by atoms with van der Waals surface area (Å²) in [6.45, 7) is 5.56. The minimum atomic E-state index is -0.594. The number of carboxylic acids is 1. The van der Waals surface area contributed by atoms with Gasteiger partial charge in [-0.25, -0.2) is 0 Å². The molecule has 108 valence electrons. The SMILES string of the molecule is O=C(O)C1CCC(CN2CC3(CCOCC3)C2)CC1. The van der Waals surface area contributed by atoms with E-state index in [1.165, 1.54) is 32.5 Å². The molecule has 19 heavy (non-hydrogen) atoms. The molecule has 1 N–H and O–H groups in total. The first kappa shape index (κ1) is 13.4. The van der Waals surface area contributed by atoms with Crippen LogP contribution >= 0.6 is 0 Å². The summed E-state index contributed by atoms with van der Waals surface area (Å²) in [6, 6.07) is 0. The molecule has 3 aliphatic rings. The van der Waals surface area contributed by atoms with Crippen molar-refractivity contribution in [3.8, 4) is 0 Å². The summed E-state index contributed by atoms with van der Waals surface area (Å²) in [6.07, 6.45) is 6.43. The first-order valence-electron chi connectivity index (χ1n) is 7.70. The number of carboxylic acid groups (broad SMARTS) is 1. The molecule has 1 spiro atoms. The zero-order valence-electron chi connectivity index (χ0n) is 11.6. The van der Waals surface area contributed by atoms with Crippen LogP contribution in [0.2, 0.25) is 0 Å². The summed E-state index contributed by atoms with van der Waals surface area (Å²) in [5.41, 5.74) is 0.566. The molecule has 0 aromatic rings. The van der Waals surface area contributed by atoms with Gasteiger partial charge in [0.1, 0.15) is 0 Å². The molecule has 2 aliphatic heterocycles. The Balaban J connectivity index is 1.39. The first-order valence-corrected chi connectivity index (χ1v) is 7.70. The van der Waals surface area contributed by atoms with Gasteiger partial charge in [-0.2, -0.15) is 0 Å². The summed E-state index contributed by atoms with van der Waals surface area (Å²) < 4.78 is 5.45. The third kappa shape index (κ3) is 2.95. The number of hydrogen-bond acceptors (Lipinski definition) is 3. The van der Waals surface area contributed by atoms with Crippen LogP contribution in [-0.4, -0.2) is 48.8 Å². The largest absolute Gasteiger partial charge is 0.481 e. The van der Waals surface area contributed by atoms with E-state index in [4.69, 9.17) is 9.84 Å². The maximum atomic E-state index is 10.9. The molecule has 2 saturated heterocycles. The molecule has 3 rings (SSSR count). The third-order valence-corrected chi connectivity index (χ3v) is 5.38. The van der Waals surface area contributed by atoms with Crippen LogP contribution in [0.4, 0.5) is 0 Å². The smallest absolute Gasteiger partial charge is 0.306 e. The first-order chi connectivity index (χ1) is 9.17. The van der Waals surface area contributed by atoms with Crippen molar-refractivity contribution in [2.24, 2.45) is 17.3 Å². The maximum absolute atomic E-state index is 10.9. The fraction of sp³-hybridized carbons (Fsp3) is 0.933. The van der Waals surface area contributed by atoms with E-state index >= 15 is 0 Å². The Kier molecular flexibility index (Phi) is 3.81. The summed E-state index contributed by atoms with van der Waals surface area (Å²) in [5, 5.41) is 9.01. The molecule has 0 atom stereocenters. The zero-order valence-corrected chi connectivity index (χ0v) is 11.6. The highest BCUT2D eigenvalue weighted by Crippen LogP contribution is 2.41. The summed E-state index contributed by atoms with van der Waals surface area (Å²) in [4.78, 5) is 13.5. The van der Waals surface area contributed by atoms with Crippen molar-refractivity contribution in [1.29, 1.82) is 0 Å². The van der Waals surface area contributed by atoms with Crippen molar-refractivity contribution < 1.29 is 14.6 Å². The van der Waals surface area contributed by atoms with Gasteiger partial charge in [-0.15, -0.1) is 0 Å². The zero-order chi connectivity index (χ0) is 13.3. The molecular weight excluding hydrogens is 242 g/mol. The fourth-order valence-electron chi connectivity index (χ4n) is 4.11. The van der Waals surface area contributed by atoms with E-state index in [1.54, 1.807) is 0 Å². The summed E-state index contributed by atoms with van der Waals surface area (Å²) in [7, 11) is 0. The molecular formula is C15H25NO3. The van der Waals surface area contributed by atoms with E-state index in [-0.39, 0.29) is 5.92 Å². The molecule has 4 heteroatoms. The second kappa shape index (κ2) is 5.41. The van der Waals surface area contributed by atoms with E-state index in [0.717, 1.165) is 44.8 Å². The molecule has 0 unspecified atom stereocenters. The van der Waals surface area contributed by atoms with Crippen LogP contribution < -0.4 is 0 Å². The van der Waals surface area contributed by atoms with Gasteiger partial charge in [-0.1, -0.05) is 0 Å². The van der Waals surface area contributed by atoms with Gasteiger partial charge >= 0.3 is 5.97 Å². The molecule has 3 fully saturated rings. The number of hydrogen-bond donors (Lipinski definition) is 1. The van der Waals surface area contributed by atoms with Gasteiger partial charge in [0.05, 0.1) is 5.92 Å². The average molecular weight is 267 g/mol. The number of ether oxygens (including phenoxy) is 1. The van der Waals surface area contributed by atoms with Crippen LogP contribution in [-0.2, 0) is 9.53 Å². The Hall–Kier alpha value is -0.610. The molecule has 0 aromatic heterocycles. The van der Waals surface area contributed by atoms with Crippen molar-refractivity contribution in [2.45, 2.75) is 38.5 Å². The van der Waals surface area contributed by atoms with Crippen LogP contribution in [0.15, 0.2) is 0 Å². The van der Waals surface area contributed by atoms with E-state index < -0.39 is 5.97 Å². The highest BCUT2D eigenvalue weighted by atomic mass is 16.5. The minimum Gasteiger partial charge on any atom is -0.481 e. The molecule has 0 radical (unpaired) electrons. The highest BCUT2D eigenvalue weighted by Gasteiger charge is 2.44. The lowest BCUT2D eigenvalue weighted by atomic mass is 9.72. The summed E-state index contributed by atoms with van der Waals surface area (Å²) in [5.74, 6) is 0.0609. The Labute approximate surface area is 115 Å². The molecule has 0 aromatic carbocycles. The predicted molar refractivity (Wildman–Crippen MR) is 72.0 cm³/mol. The van der Waals surface area contributed by atoms with Crippen molar-refractivity contribution >= 4 is 5.97 Å². The molecule has 4 nitrogen and oxygen atoms in total. The van der Waals surface area contributed by atoms with Crippen LogP contribution in [0.1, 0.15) is 38.5 Å². The van der Waals surface area contributed by atoms with E-state index in [1.807, 2.05) is 0 Å². The number of aliphatic carboxylic acids is 1. The van der Waals surface area contributed by atoms with E-state index in [9.17, 15) is 4.79 Å². The Morgan fingerprint density at radius 3 is 2.37 bits per heavy atom. The van der Waals surface area contributed by atoms with Crippen molar-refractivity contribution in [1.82, 2.24) is 4.90 Å². The van der Waals surface area contributed by atoms with Crippen LogP contribution in [0, 0.1) is 17.3 Å². The van der Waals surface area contributed by atoms with Gasteiger partial charge in [0.15, 0.2) is 0 Å². The fourth-order valence-corrected chi connectivity index (χ4v) is 4.11. The molecule has 1 aliphatic carbocycles. The van der Waals surface area contributed by atoms with Crippen molar-refractivity contribution in [3.05, 3.63) is 0 Å². The van der Waals surface area contributed by atoms with Crippen LogP contribution in [0.25, 0.3) is 0 Å². The van der Waals surface area contributed by atoms with Crippen molar-refractivity contribution in [2.75, 3.05) is 32.8 Å². The van der Waals surface area contributed by atoms with Gasteiger partial charge in [-0.05, 0) is 44.4 Å². The Morgan fingerprint density at radius 1 is 1.16 bits per heavy atom. The van der Waals surface area contributed by atoms with Crippen LogP contribution in [0.5, 0.6) is 0 Å². The second-order valence-electron chi connectivity index (χ2n) is 6.84. The molecule has 1 saturated carbocycles. The minimum absolute atomic E-state index is 0.0746. The number of carbonyl (C=O) groups is 1. The normalized spacial score (nSPS) is 34.9. The lowest BCUT2D eigenvalue weighted by molar-refractivity contribution is -0.143. The Bertz CT molecular complexity index is 322. The second-order valence-corrected chi connectivity index (χ2v) is 6.84. The summed E-state index contributed by atoms with van der Waals surface area (Å²) >= 11 is 0. The van der Waals surface area contributed by atoms with Gasteiger partial charge in [0.2, 0.25) is 0 Å². The standard InChI is InChI=1S/C15H25NO3/c17-14(18)13-3-1-12(2-4-13)9-16-10-15(11-16)5-7-19-8-6-15/h12-13H,1-11H2,(H,17,18). The topological polar surface area (TPSA) is 49.8 Å². The number of rotatable bonds is 3. The number of likely N-dealkylation sites (tertiary alicyclic amines) is 1. The van der Waals surface area contributed by atoms with Gasteiger partial charge in [0, 0.05) is 38.3 Å². The molecule has 0 amide bonds.